The topological polar surface area (TPSA) is 58.6 Å². The first kappa shape index (κ1) is 22.6. The highest BCUT2D eigenvalue weighted by Gasteiger charge is 2.46. The van der Waals surface area contributed by atoms with E-state index in [1.54, 1.807) is 12.4 Å². The zero-order valence-corrected chi connectivity index (χ0v) is 20.1. The van der Waals surface area contributed by atoms with E-state index in [1.165, 1.54) is 5.56 Å². The Hall–Kier alpha value is -2.18. The molecule has 5 rings (SSSR count). The number of anilines is 1. The number of likely N-dealkylation sites (tertiary alicyclic amines) is 1. The molecule has 1 aromatic heterocycles. The Labute approximate surface area is 201 Å². The van der Waals surface area contributed by atoms with Crippen LogP contribution < -0.4 is 4.90 Å². The summed E-state index contributed by atoms with van der Waals surface area (Å²) < 4.78 is 6.21. The summed E-state index contributed by atoms with van der Waals surface area (Å²) in [4.78, 5) is 26.5. The van der Waals surface area contributed by atoms with Crippen molar-refractivity contribution >= 4 is 23.5 Å². The summed E-state index contributed by atoms with van der Waals surface area (Å²) in [5.74, 6) is 1.08. The minimum Gasteiger partial charge on any atom is -0.377 e. The molecule has 1 atom stereocenters. The Morgan fingerprint density at radius 3 is 2.52 bits per heavy atom. The molecule has 3 fully saturated rings. The van der Waals surface area contributed by atoms with Crippen LogP contribution in [0, 0.1) is 10.8 Å². The van der Waals surface area contributed by atoms with Gasteiger partial charge in [-0.1, -0.05) is 30.7 Å². The molecule has 7 heteroatoms. The first-order valence-corrected chi connectivity index (χ1v) is 12.5. The van der Waals surface area contributed by atoms with Gasteiger partial charge in [0, 0.05) is 49.0 Å². The smallest absolute Gasteiger partial charge is 0.228 e. The van der Waals surface area contributed by atoms with Crippen molar-refractivity contribution in [1.82, 2.24) is 14.9 Å². The van der Waals surface area contributed by atoms with Gasteiger partial charge in [0.05, 0.1) is 12.7 Å². The third-order valence-corrected chi connectivity index (χ3v) is 8.20. The van der Waals surface area contributed by atoms with Crippen LogP contribution in [-0.4, -0.2) is 59.7 Å². The van der Waals surface area contributed by atoms with Gasteiger partial charge in [0.15, 0.2) is 0 Å². The SMILES string of the molecule is CC1(C(=O)N2CCC3(CC2)CO[C@@H](Cc2cccc(Cl)c2)C3)CCN(c2ncccn2)CC1. The van der Waals surface area contributed by atoms with Crippen LogP contribution in [-0.2, 0) is 16.0 Å². The zero-order valence-electron chi connectivity index (χ0n) is 19.4. The first-order chi connectivity index (χ1) is 15.9. The van der Waals surface area contributed by atoms with Crippen molar-refractivity contribution in [2.75, 3.05) is 37.7 Å². The Balaban J connectivity index is 1.13. The quantitative estimate of drug-likeness (QED) is 0.666. The largest absolute Gasteiger partial charge is 0.377 e. The maximum atomic E-state index is 13.5. The van der Waals surface area contributed by atoms with Gasteiger partial charge < -0.3 is 14.5 Å². The highest BCUT2D eigenvalue weighted by atomic mass is 35.5. The number of halogens is 1. The molecule has 1 amide bonds. The molecule has 0 bridgehead atoms. The summed E-state index contributed by atoms with van der Waals surface area (Å²) in [6, 6.07) is 9.91. The van der Waals surface area contributed by atoms with E-state index >= 15 is 0 Å². The number of ether oxygens (including phenoxy) is 1. The number of nitrogens with zero attached hydrogens (tertiary/aromatic N) is 4. The van der Waals surface area contributed by atoms with Crippen molar-refractivity contribution in [1.29, 1.82) is 0 Å². The summed E-state index contributed by atoms with van der Waals surface area (Å²) in [7, 11) is 0. The number of hydrogen-bond donors (Lipinski definition) is 0. The second kappa shape index (κ2) is 9.22. The van der Waals surface area contributed by atoms with E-state index in [0.717, 1.165) is 82.3 Å². The highest BCUT2D eigenvalue weighted by molar-refractivity contribution is 6.30. The number of carbonyl (C=O) groups is 1. The van der Waals surface area contributed by atoms with E-state index in [0.29, 0.717) is 5.91 Å². The predicted octanol–water partition coefficient (Wildman–Crippen LogP) is 4.38. The van der Waals surface area contributed by atoms with Crippen LogP contribution in [0.15, 0.2) is 42.7 Å². The molecule has 0 aliphatic carbocycles. The monoisotopic (exact) mass is 468 g/mol. The van der Waals surface area contributed by atoms with E-state index in [4.69, 9.17) is 16.3 Å². The van der Waals surface area contributed by atoms with Crippen molar-refractivity contribution in [2.45, 2.75) is 51.6 Å². The van der Waals surface area contributed by atoms with Crippen LogP contribution in [0.5, 0.6) is 0 Å². The lowest BCUT2D eigenvalue weighted by molar-refractivity contribution is -0.145. The van der Waals surface area contributed by atoms with E-state index in [1.807, 2.05) is 24.3 Å². The van der Waals surface area contributed by atoms with E-state index in [2.05, 4.69) is 32.8 Å². The minimum atomic E-state index is -0.295. The Morgan fingerprint density at radius 2 is 1.82 bits per heavy atom. The third kappa shape index (κ3) is 4.87. The molecule has 6 nitrogen and oxygen atoms in total. The Bertz CT molecular complexity index is 969. The number of carbonyl (C=O) groups excluding carboxylic acids is 1. The van der Waals surface area contributed by atoms with Crippen LogP contribution in [0.25, 0.3) is 0 Å². The minimum absolute atomic E-state index is 0.217. The molecule has 0 radical (unpaired) electrons. The highest BCUT2D eigenvalue weighted by Crippen LogP contribution is 2.44. The fraction of sp³-hybridized carbons (Fsp3) is 0.577. The molecule has 4 heterocycles. The summed E-state index contributed by atoms with van der Waals surface area (Å²) in [5, 5.41) is 0.780. The van der Waals surface area contributed by atoms with E-state index in [-0.39, 0.29) is 16.9 Å². The molecule has 1 aromatic carbocycles. The molecule has 1 spiro atoms. The van der Waals surface area contributed by atoms with Gasteiger partial charge in [-0.15, -0.1) is 0 Å². The number of benzene rings is 1. The predicted molar refractivity (Wildman–Crippen MR) is 129 cm³/mol. The van der Waals surface area contributed by atoms with Crippen molar-refractivity contribution in [3.05, 3.63) is 53.3 Å². The van der Waals surface area contributed by atoms with Gasteiger partial charge in [0.25, 0.3) is 0 Å². The van der Waals surface area contributed by atoms with Crippen molar-refractivity contribution in [3.63, 3.8) is 0 Å². The van der Waals surface area contributed by atoms with Crippen LogP contribution in [0.4, 0.5) is 5.95 Å². The van der Waals surface area contributed by atoms with Crippen LogP contribution in [0.1, 0.15) is 44.6 Å². The summed E-state index contributed by atoms with van der Waals surface area (Å²) in [5.41, 5.74) is 1.16. The van der Waals surface area contributed by atoms with Gasteiger partial charge in [-0.3, -0.25) is 4.79 Å². The van der Waals surface area contributed by atoms with Crippen LogP contribution >= 0.6 is 11.6 Å². The van der Waals surface area contributed by atoms with Gasteiger partial charge in [-0.2, -0.15) is 0 Å². The molecule has 3 aliphatic heterocycles. The van der Waals surface area contributed by atoms with Crippen molar-refractivity contribution < 1.29 is 9.53 Å². The second-order valence-corrected chi connectivity index (χ2v) is 10.8. The molecule has 3 saturated heterocycles. The molecule has 176 valence electrons. The average Bonchev–Trinajstić information content (AvgIpc) is 3.22. The van der Waals surface area contributed by atoms with Crippen LogP contribution in [0.3, 0.4) is 0 Å². The summed E-state index contributed by atoms with van der Waals surface area (Å²) >= 11 is 6.15. The summed E-state index contributed by atoms with van der Waals surface area (Å²) in [6.07, 6.45) is 9.53. The fourth-order valence-electron chi connectivity index (χ4n) is 5.74. The van der Waals surface area contributed by atoms with Crippen molar-refractivity contribution in [3.8, 4) is 0 Å². The lowest BCUT2D eigenvalue weighted by Gasteiger charge is -2.44. The molecule has 3 aliphatic rings. The van der Waals surface area contributed by atoms with Gasteiger partial charge in [-0.25, -0.2) is 9.97 Å². The van der Waals surface area contributed by atoms with Crippen LogP contribution in [0.2, 0.25) is 5.02 Å². The lowest BCUT2D eigenvalue weighted by atomic mass is 9.74. The maximum absolute atomic E-state index is 13.5. The Kier molecular flexibility index (Phi) is 6.32. The molecule has 0 unspecified atom stereocenters. The number of hydrogen-bond acceptors (Lipinski definition) is 5. The molecule has 0 saturated carbocycles. The van der Waals surface area contributed by atoms with E-state index in [9.17, 15) is 4.79 Å². The third-order valence-electron chi connectivity index (χ3n) is 7.97. The van der Waals surface area contributed by atoms with Gasteiger partial charge in [0.1, 0.15) is 0 Å². The maximum Gasteiger partial charge on any atom is 0.228 e. The van der Waals surface area contributed by atoms with Gasteiger partial charge in [0.2, 0.25) is 11.9 Å². The first-order valence-electron chi connectivity index (χ1n) is 12.1. The Morgan fingerprint density at radius 1 is 1.09 bits per heavy atom. The average molecular weight is 469 g/mol. The lowest BCUT2D eigenvalue weighted by Crippen LogP contribution is -2.52. The number of piperidine rings is 2. The normalized spacial score (nSPS) is 24.2. The number of rotatable bonds is 4. The molecule has 2 aromatic rings. The van der Waals surface area contributed by atoms with Gasteiger partial charge in [-0.05, 0) is 67.7 Å². The van der Waals surface area contributed by atoms with Gasteiger partial charge >= 0.3 is 0 Å². The zero-order chi connectivity index (χ0) is 22.9. The van der Waals surface area contributed by atoms with Crippen molar-refractivity contribution in [2.24, 2.45) is 10.8 Å². The molecular formula is C26H33ClN4O2. The molecule has 0 N–H and O–H groups in total. The standard InChI is InChI=1S/C26H33ClN4O2/c1-25(6-12-31(13-7-25)24-28-10-3-11-29-24)23(32)30-14-8-26(9-15-30)18-22(33-19-26)17-20-4-2-5-21(27)16-20/h2-5,10-11,16,22H,6-9,12-15,17-19H2,1H3/t22-/m0/s1. The molecule has 33 heavy (non-hydrogen) atoms. The summed E-state index contributed by atoms with van der Waals surface area (Å²) in [6.45, 7) is 6.28. The van der Waals surface area contributed by atoms with E-state index < -0.39 is 0 Å². The number of amides is 1. The fourth-order valence-corrected chi connectivity index (χ4v) is 5.95. The number of aromatic nitrogens is 2. The molecular weight excluding hydrogens is 436 g/mol. The second-order valence-electron chi connectivity index (χ2n) is 10.4.